The molecule has 0 bridgehead atoms. The highest BCUT2D eigenvalue weighted by molar-refractivity contribution is 6.06. The van der Waals surface area contributed by atoms with Crippen LogP contribution >= 0.6 is 0 Å². The van der Waals surface area contributed by atoms with Gasteiger partial charge in [0.15, 0.2) is 5.82 Å². The number of likely N-dealkylation sites (tertiary alicyclic amines) is 1. The highest BCUT2D eigenvalue weighted by Crippen LogP contribution is 2.39. The molecule has 0 spiro atoms. The summed E-state index contributed by atoms with van der Waals surface area (Å²) in [4.78, 5) is 30.5. The molecule has 0 aromatic carbocycles. The van der Waals surface area contributed by atoms with Crippen molar-refractivity contribution in [2.45, 2.75) is 57.0 Å². The SMILES string of the molecule is CC(c1nc(C2CC2)no1)N1CCCC(C2(C)NC(=O)NC2=O)C1. The van der Waals surface area contributed by atoms with Crippen LogP contribution in [0.25, 0.3) is 0 Å². The van der Waals surface area contributed by atoms with Crippen LogP contribution in [0.1, 0.15) is 63.2 Å². The quantitative estimate of drug-likeness (QED) is 0.806. The van der Waals surface area contributed by atoms with E-state index in [0.717, 1.165) is 38.1 Å². The molecule has 0 radical (unpaired) electrons. The average molecular weight is 333 g/mol. The summed E-state index contributed by atoms with van der Waals surface area (Å²) in [7, 11) is 0. The van der Waals surface area contributed by atoms with E-state index in [4.69, 9.17) is 4.52 Å². The van der Waals surface area contributed by atoms with Crippen LogP contribution in [0, 0.1) is 5.92 Å². The fraction of sp³-hybridized carbons (Fsp3) is 0.750. The molecule has 3 atom stereocenters. The molecule has 3 unspecified atom stereocenters. The van der Waals surface area contributed by atoms with Crippen LogP contribution < -0.4 is 10.6 Å². The van der Waals surface area contributed by atoms with Crippen molar-refractivity contribution in [2.75, 3.05) is 13.1 Å². The first-order valence-electron chi connectivity index (χ1n) is 8.68. The van der Waals surface area contributed by atoms with E-state index >= 15 is 0 Å². The van der Waals surface area contributed by atoms with Crippen molar-refractivity contribution in [3.63, 3.8) is 0 Å². The zero-order valence-corrected chi connectivity index (χ0v) is 14.0. The number of nitrogens with one attached hydrogen (secondary N) is 2. The summed E-state index contributed by atoms with van der Waals surface area (Å²) in [5.74, 6) is 1.76. The Kier molecular flexibility index (Phi) is 3.59. The summed E-state index contributed by atoms with van der Waals surface area (Å²) in [5, 5.41) is 9.25. The molecule has 1 saturated carbocycles. The molecule has 24 heavy (non-hydrogen) atoms. The Labute approximate surface area is 140 Å². The van der Waals surface area contributed by atoms with Crippen molar-refractivity contribution in [1.29, 1.82) is 0 Å². The standard InChI is InChI=1S/C16H23N5O3/c1-9(13-17-12(20-24-13)10-5-6-10)21-7-3-4-11(8-21)16(2)14(22)18-15(23)19-16/h9-11H,3-8H2,1-2H3,(H2,18,19,22,23). The van der Waals surface area contributed by atoms with Gasteiger partial charge < -0.3 is 9.84 Å². The lowest BCUT2D eigenvalue weighted by Crippen LogP contribution is -2.56. The minimum atomic E-state index is -0.844. The normalized spacial score (nSPS) is 32.5. The lowest BCUT2D eigenvalue weighted by Gasteiger charge is -2.41. The fourth-order valence-electron chi connectivity index (χ4n) is 3.75. The van der Waals surface area contributed by atoms with E-state index in [-0.39, 0.29) is 17.9 Å². The van der Waals surface area contributed by atoms with E-state index in [9.17, 15) is 9.59 Å². The number of imide groups is 1. The smallest absolute Gasteiger partial charge is 0.322 e. The molecule has 3 amide bonds. The van der Waals surface area contributed by atoms with Gasteiger partial charge in [-0.1, -0.05) is 5.16 Å². The maximum absolute atomic E-state index is 12.2. The minimum Gasteiger partial charge on any atom is -0.338 e. The fourth-order valence-corrected chi connectivity index (χ4v) is 3.75. The van der Waals surface area contributed by atoms with E-state index in [1.165, 1.54) is 0 Å². The first kappa shape index (κ1) is 15.6. The van der Waals surface area contributed by atoms with Gasteiger partial charge in [0.05, 0.1) is 6.04 Å². The van der Waals surface area contributed by atoms with E-state index in [2.05, 4.69) is 32.6 Å². The van der Waals surface area contributed by atoms with Gasteiger partial charge in [-0.2, -0.15) is 4.98 Å². The Morgan fingerprint density at radius 1 is 1.33 bits per heavy atom. The van der Waals surface area contributed by atoms with Gasteiger partial charge in [-0.15, -0.1) is 0 Å². The van der Waals surface area contributed by atoms with Gasteiger partial charge >= 0.3 is 6.03 Å². The number of carbonyl (C=O) groups excluding carboxylic acids is 2. The second-order valence-electron chi connectivity index (χ2n) is 7.39. The van der Waals surface area contributed by atoms with Gasteiger partial charge in [0.1, 0.15) is 5.54 Å². The molecule has 1 aliphatic carbocycles. The van der Waals surface area contributed by atoms with Crippen LogP contribution in [0.2, 0.25) is 0 Å². The Morgan fingerprint density at radius 3 is 2.79 bits per heavy atom. The molecule has 130 valence electrons. The zero-order chi connectivity index (χ0) is 16.9. The van der Waals surface area contributed by atoms with Gasteiger partial charge in [-0.25, -0.2) is 4.79 Å². The molecule has 3 heterocycles. The van der Waals surface area contributed by atoms with Crippen molar-refractivity contribution >= 4 is 11.9 Å². The van der Waals surface area contributed by atoms with Crippen molar-refractivity contribution in [1.82, 2.24) is 25.7 Å². The first-order chi connectivity index (χ1) is 11.5. The van der Waals surface area contributed by atoms with E-state index < -0.39 is 11.6 Å². The number of nitrogens with zero attached hydrogens (tertiary/aromatic N) is 3. The molecular formula is C16H23N5O3. The van der Waals surface area contributed by atoms with Gasteiger partial charge in [0.25, 0.3) is 5.91 Å². The Bertz CT molecular complexity index is 670. The molecule has 2 aliphatic heterocycles. The topological polar surface area (TPSA) is 100 Å². The average Bonchev–Trinajstić information content (AvgIpc) is 3.24. The molecule has 4 rings (SSSR count). The number of urea groups is 1. The summed E-state index contributed by atoms with van der Waals surface area (Å²) >= 11 is 0. The predicted molar refractivity (Wildman–Crippen MR) is 84.1 cm³/mol. The van der Waals surface area contributed by atoms with E-state index in [1.807, 2.05) is 6.92 Å². The molecule has 3 fully saturated rings. The van der Waals surface area contributed by atoms with Crippen LogP contribution in [0.5, 0.6) is 0 Å². The summed E-state index contributed by atoms with van der Waals surface area (Å²) in [6.07, 6.45) is 4.17. The maximum Gasteiger partial charge on any atom is 0.322 e. The number of aromatic nitrogens is 2. The summed E-state index contributed by atoms with van der Waals surface area (Å²) in [5.41, 5.74) is -0.844. The third-order valence-corrected chi connectivity index (χ3v) is 5.65. The Balaban J connectivity index is 1.47. The molecule has 2 N–H and O–H groups in total. The summed E-state index contributed by atoms with van der Waals surface area (Å²) in [6.45, 7) is 5.50. The van der Waals surface area contributed by atoms with Crippen LogP contribution in [0.4, 0.5) is 4.79 Å². The van der Waals surface area contributed by atoms with Crippen molar-refractivity contribution in [3.05, 3.63) is 11.7 Å². The number of hydrogen-bond donors (Lipinski definition) is 2. The number of piperidine rings is 1. The second kappa shape index (κ2) is 5.54. The number of hydrogen-bond acceptors (Lipinski definition) is 6. The Morgan fingerprint density at radius 2 is 2.12 bits per heavy atom. The third kappa shape index (κ3) is 2.58. The van der Waals surface area contributed by atoms with E-state index in [1.54, 1.807) is 0 Å². The molecule has 2 saturated heterocycles. The van der Waals surface area contributed by atoms with Crippen LogP contribution in [-0.2, 0) is 4.79 Å². The molecular weight excluding hydrogens is 310 g/mol. The van der Waals surface area contributed by atoms with Crippen LogP contribution in [0.3, 0.4) is 0 Å². The van der Waals surface area contributed by atoms with Crippen LogP contribution in [0.15, 0.2) is 4.52 Å². The second-order valence-corrected chi connectivity index (χ2v) is 7.39. The van der Waals surface area contributed by atoms with Crippen molar-refractivity contribution in [3.8, 4) is 0 Å². The number of amides is 3. The van der Waals surface area contributed by atoms with Crippen molar-refractivity contribution in [2.24, 2.45) is 5.92 Å². The predicted octanol–water partition coefficient (Wildman–Crippen LogP) is 1.32. The maximum atomic E-state index is 12.2. The summed E-state index contributed by atoms with van der Waals surface area (Å²) in [6, 6.07) is -0.393. The van der Waals surface area contributed by atoms with Gasteiger partial charge in [0.2, 0.25) is 5.89 Å². The third-order valence-electron chi connectivity index (χ3n) is 5.65. The molecule has 3 aliphatic rings. The van der Waals surface area contributed by atoms with E-state index in [0.29, 0.717) is 18.4 Å². The minimum absolute atomic E-state index is 0.0107. The molecule has 1 aromatic rings. The molecule has 1 aromatic heterocycles. The first-order valence-corrected chi connectivity index (χ1v) is 8.68. The summed E-state index contributed by atoms with van der Waals surface area (Å²) < 4.78 is 5.45. The monoisotopic (exact) mass is 333 g/mol. The van der Waals surface area contributed by atoms with Gasteiger partial charge in [-0.3, -0.25) is 15.0 Å². The zero-order valence-electron chi connectivity index (χ0n) is 14.0. The molecule has 8 heteroatoms. The lowest BCUT2D eigenvalue weighted by atomic mass is 9.79. The Hall–Kier alpha value is -1.96. The van der Waals surface area contributed by atoms with Gasteiger partial charge in [0, 0.05) is 18.4 Å². The van der Waals surface area contributed by atoms with Crippen LogP contribution in [-0.4, -0.2) is 45.6 Å². The highest BCUT2D eigenvalue weighted by Gasteiger charge is 2.49. The number of carbonyl (C=O) groups is 2. The van der Waals surface area contributed by atoms with Crippen molar-refractivity contribution < 1.29 is 14.1 Å². The lowest BCUT2D eigenvalue weighted by molar-refractivity contribution is -0.126. The molecule has 8 nitrogen and oxygen atoms in total. The number of rotatable bonds is 4. The van der Waals surface area contributed by atoms with Gasteiger partial charge in [-0.05, 0) is 46.1 Å². The highest BCUT2D eigenvalue weighted by atomic mass is 16.5. The largest absolute Gasteiger partial charge is 0.338 e.